The van der Waals surface area contributed by atoms with Crippen molar-refractivity contribution in [3.63, 3.8) is 0 Å². The largest absolute Gasteiger partial charge is 0.356 e. The Bertz CT molecular complexity index is 377. The molecule has 0 aliphatic heterocycles. The van der Waals surface area contributed by atoms with Gasteiger partial charge in [0.1, 0.15) is 11.6 Å². The molecule has 1 aromatic heterocycles. The Morgan fingerprint density at radius 1 is 1.53 bits per heavy atom. The maximum Gasteiger partial charge on any atom is 0.141 e. The zero-order valence-electron chi connectivity index (χ0n) is 10.3. The lowest BCUT2D eigenvalue weighted by Gasteiger charge is -2.25. The van der Waals surface area contributed by atoms with E-state index in [0.717, 1.165) is 36.8 Å². The minimum Gasteiger partial charge on any atom is -0.356 e. The molecule has 4 heteroatoms. The Kier molecular flexibility index (Phi) is 3.94. The summed E-state index contributed by atoms with van der Waals surface area (Å²) in [5, 5.41) is 0. The average molecular weight is 237 g/mol. The normalized spacial score (nSPS) is 15.0. The van der Waals surface area contributed by atoms with Gasteiger partial charge in [0.2, 0.25) is 0 Å². The molecule has 0 radical (unpaired) electrons. The van der Waals surface area contributed by atoms with Gasteiger partial charge in [0.25, 0.3) is 0 Å². The average Bonchev–Trinajstić information content (AvgIpc) is 3.12. The highest BCUT2D eigenvalue weighted by Crippen LogP contribution is 2.31. The molecule has 3 nitrogen and oxygen atoms in total. The number of pyridine rings is 1. The summed E-state index contributed by atoms with van der Waals surface area (Å²) in [6.07, 6.45) is 4.96. The summed E-state index contributed by atoms with van der Waals surface area (Å²) < 4.78 is 13.1. The van der Waals surface area contributed by atoms with Gasteiger partial charge in [-0.1, -0.05) is 6.92 Å². The Balaban J connectivity index is 2.20. The molecule has 0 amide bonds. The van der Waals surface area contributed by atoms with Gasteiger partial charge in [-0.05, 0) is 31.2 Å². The molecule has 0 saturated heterocycles. The first kappa shape index (κ1) is 12.3. The molecule has 0 spiro atoms. The van der Waals surface area contributed by atoms with Gasteiger partial charge in [0, 0.05) is 25.2 Å². The van der Waals surface area contributed by atoms with Gasteiger partial charge in [-0.2, -0.15) is 0 Å². The SMILES string of the molecule is CCCN(CC1CC1)c1ncc(F)cc1CN. The molecule has 17 heavy (non-hydrogen) atoms. The quantitative estimate of drug-likeness (QED) is 0.825. The van der Waals surface area contributed by atoms with E-state index in [4.69, 9.17) is 5.73 Å². The summed E-state index contributed by atoms with van der Waals surface area (Å²) in [5.41, 5.74) is 6.47. The lowest BCUT2D eigenvalue weighted by Crippen LogP contribution is -2.29. The van der Waals surface area contributed by atoms with Crippen LogP contribution in [-0.2, 0) is 6.54 Å². The van der Waals surface area contributed by atoms with E-state index in [0.29, 0.717) is 6.54 Å². The van der Waals surface area contributed by atoms with Crippen LogP contribution in [0.2, 0.25) is 0 Å². The van der Waals surface area contributed by atoms with E-state index in [-0.39, 0.29) is 5.82 Å². The number of nitrogens with two attached hydrogens (primary N) is 1. The van der Waals surface area contributed by atoms with Crippen LogP contribution in [-0.4, -0.2) is 18.1 Å². The number of hydrogen-bond donors (Lipinski definition) is 1. The number of rotatable bonds is 6. The maximum atomic E-state index is 13.1. The van der Waals surface area contributed by atoms with Crippen molar-refractivity contribution in [1.29, 1.82) is 0 Å². The van der Waals surface area contributed by atoms with Crippen LogP contribution < -0.4 is 10.6 Å². The van der Waals surface area contributed by atoms with Crippen molar-refractivity contribution >= 4 is 5.82 Å². The van der Waals surface area contributed by atoms with Crippen molar-refractivity contribution in [2.45, 2.75) is 32.7 Å². The fraction of sp³-hybridized carbons (Fsp3) is 0.615. The number of nitrogens with zero attached hydrogens (tertiary/aromatic N) is 2. The molecule has 0 aromatic carbocycles. The van der Waals surface area contributed by atoms with E-state index in [1.165, 1.54) is 25.1 Å². The van der Waals surface area contributed by atoms with Crippen molar-refractivity contribution in [1.82, 2.24) is 4.98 Å². The van der Waals surface area contributed by atoms with E-state index < -0.39 is 0 Å². The number of hydrogen-bond acceptors (Lipinski definition) is 3. The molecule has 1 heterocycles. The fourth-order valence-corrected chi connectivity index (χ4v) is 2.07. The fourth-order valence-electron chi connectivity index (χ4n) is 2.07. The summed E-state index contributed by atoms with van der Waals surface area (Å²) >= 11 is 0. The second-order valence-corrected chi connectivity index (χ2v) is 4.73. The van der Waals surface area contributed by atoms with E-state index >= 15 is 0 Å². The Hall–Kier alpha value is -1.16. The standard InChI is InChI=1S/C13H20FN3/c1-2-5-17(9-10-3-4-10)13-11(7-15)6-12(14)8-16-13/h6,8,10H,2-5,7,9,15H2,1H3. The van der Waals surface area contributed by atoms with E-state index in [9.17, 15) is 4.39 Å². The molecule has 0 atom stereocenters. The van der Waals surface area contributed by atoms with Crippen LogP contribution in [0.4, 0.5) is 10.2 Å². The third-order valence-electron chi connectivity index (χ3n) is 3.10. The van der Waals surface area contributed by atoms with Crippen LogP contribution in [0.1, 0.15) is 31.7 Å². The minimum absolute atomic E-state index is 0.308. The minimum atomic E-state index is -0.308. The van der Waals surface area contributed by atoms with Crippen LogP contribution in [0.5, 0.6) is 0 Å². The van der Waals surface area contributed by atoms with Crippen LogP contribution in [0.15, 0.2) is 12.3 Å². The Labute approximate surface area is 102 Å². The lowest BCUT2D eigenvalue weighted by molar-refractivity contribution is 0.614. The highest BCUT2D eigenvalue weighted by molar-refractivity contribution is 5.47. The zero-order chi connectivity index (χ0) is 12.3. The van der Waals surface area contributed by atoms with E-state index in [2.05, 4.69) is 16.8 Å². The van der Waals surface area contributed by atoms with Crippen molar-refractivity contribution < 1.29 is 4.39 Å². The van der Waals surface area contributed by atoms with Gasteiger partial charge >= 0.3 is 0 Å². The molecule has 1 aliphatic rings. The van der Waals surface area contributed by atoms with Gasteiger partial charge in [-0.25, -0.2) is 9.37 Å². The van der Waals surface area contributed by atoms with E-state index in [1.807, 2.05) is 0 Å². The molecule has 1 aliphatic carbocycles. The zero-order valence-corrected chi connectivity index (χ0v) is 10.3. The van der Waals surface area contributed by atoms with Gasteiger partial charge < -0.3 is 10.6 Å². The number of aromatic nitrogens is 1. The Morgan fingerprint density at radius 2 is 2.29 bits per heavy atom. The molecule has 0 bridgehead atoms. The van der Waals surface area contributed by atoms with Gasteiger partial charge in [-0.3, -0.25) is 0 Å². The Morgan fingerprint density at radius 3 is 2.88 bits per heavy atom. The van der Waals surface area contributed by atoms with Crippen LogP contribution in [0.25, 0.3) is 0 Å². The third kappa shape index (κ3) is 3.16. The summed E-state index contributed by atoms with van der Waals surface area (Å²) in [6, 6.07) is 1.50. The molecular formula is C13H20FN3. The summed E-state index contributed by atoms with van der Waals surface area (Å²) in [5.74, 6) is 1.35. The number of halogens is 1. The molecule has 1 saturated carbocycles. The molecule has 1 aromatic rings. The first-order valence-electron chi connectivity index (χ1n) is 6.34. The topological polar surface area (TPSA) is 42.2 Å². The summed E-state index contributed by atoms with van der Waals surface area (Å²) in [6.45, 7) is 4.47. The van der Waals surface area contributed by atoms with Crippen LogP contribution >= 0.6 is 0 Å². The monoisotopic (exact) mass is 237 g/mol. The first-order valence-corrected chi connectivity index (χ1v) is 6.34. The molecule has 94 valence electrons. The van der Waals surface area contributed by atoms with Gasteiger partial charge in [0.15, 0.2) is 0 Å². The smallest absolute Gasteiger partial charge is 0.141 e. The third-order valence-corrected chi connectivity index (χ3v) is 3.10. The first-order chi connectivity index (χ1) is 8.24. The van der Waals surface area contributed by atoms with E-state index in [1.54, 1.807) is 0 Å². The molecule has 2 rings (SSSR count). The molecule has 2 N–H and O–H groups in total. The second-order valence-electron chi connectivity index (χ2n) is 4.73. The highest BCUT2D eigenvalue weighted by atomic mass is 19.1. The van der Waals surface area contributed by atoms with Gasteiger partial charge in [-0.15, -0.1) is 0 Å². The lowest BCUT2D eigenvalue weighted by atomic mass is 10.2. The predicted octanol–water partition coefficient (Wildman–Crippen LogP) is 2.31. The second kappa shape index (κ2) is 5.45. The summed E-state index contributed by atoms with van der Waals surface area (Å²) in [4.78, 5) is 6.47. The van der Waals surface area contributed by atoms with Crippen molar-refractivity contribution in [2.24, 2.45) is 11.7 Å². The van der Waals surface area contributed by atoms with Crippen molar-refractivity contribution in [2.75, 3.05) is 18.0 Å². The molecular weight excluding hydrogens is 217 g/mol. The maximum absolute atomic E-state index is 13.1. The number of anilines is 1. The van der Waals surface area contributed by atoms with Crippen LogP contribution in [0, 0.1) is 11.7 Å². The van der Waals surface area contributed by atoms with Crippen molar-refractivity contribution in [3.05, 3.63) is 23.6 Å². The molecule has 1 fully saturated rings. The van der Waals surface area contributed by atoms with Crippen molar-refractivity contribution in [3.8, 4) is 0 Å². The highest BCUT2D eigenvalue weighted by Gasteiger charge is 2.25. The predicted molar refractivity (Wildman–Crippen MR) is 67.3 cm³/mol. The molecule has 0 unspecified atom stereocenters. The van der Waals surface area contributed by atoms with Crippen LogP contribution in [0.3, 0.4) is 0 Å². The van der Waals surface area contributed by atoms with Gasteiger partial charge in [0.05, 0.1) is 6.20 Å². The summed E-state index contributed by atoms with van der Waals surface area (Å²) in [7, 11) is 0.